The molecule has 0 bridgehead atoms. The molecular weight excluding hydrogens is 366 g/mol. The fraction of sp³-hybridized carbons (Fsp3) is 0.304. The average Bonchev–Trinajstić information content (AvgIpc) is 3.05. The number of nitrogens with zero attached hydrogens (tertiary/aromatic N) is 3. The first-order chi connectivity index (χ1) is 14.2. The van der Waals surface area contributed by atoms with Crippen molar-refractivity contribution in [3.63, 3.8) is 0 Å². The monoisotopic (exact) mass is 391 g/mol. The lowest BCUT2D eigenvalue weighted by atomic mass is 10.1. The van der Waals surface area contributed by atoms with Crippen LogP contribution in [0.3, 0.4) is 0 Å². The summed E-state index contributed by atoms with van der Waals surface area (Å²) < 4.78 is 12.9. The van der Waals surface area contributed by atoms with E-state index in [0.29, 0.717) is 31.8 Å². The van der Waals surface area contributed by atoms with Crippen LogP contribution >= 0.6 is 0 Å². The standard InChI is InChI=1S/C23H25N3O3/c1-28-16-17-7-9-18(10-8-17)23(27)25-12-11-22-24-15-20(26(22)14-13-25)19-5-3-4-6-21(19)29-2/h3-10,15H,11-14,16H2,1-2H3. The van der Waals surface area contributed by atoms with Gasteiger partial charge in [0, 0.05) is 44.3 Å². The third-order valence-corrected chi connectivity index (χ3v) is 5.32. The van der Waals surface area contributed by atoms with Crippen LogP contribution in [-0.4, -0.2) is 47.7 Å². The number of aromatic nitrogens is 2. The molecule has 1 aromatic heterocycles. The van der Waals surface area contributed by atoms with Crippen LogP contribution in [-0.2, 0) is 24.3 Å². The van der Waals surface area contributed by atoms with Gasteiger partial charge in [-0.1, -0.05) is 24.3 Å². The molecule has 6 nitrogen and oxygen atoms in total. The Balaban J connectivity index is 1.53. The molecule has 0 saturated carbocycles. The molecule has 0 N–H and O–H groups in total. The fourth-order valence-corrected chi connectivity index (χ4v) is 3.80. The Kier molecular flexibility index (Phi) is 5.62. The van der Waals surface area contributed by atoms with Gasteiger partial charge < -0.3 is 18.9 Å². The predicted octanol–water partition coefficient (Wildman–Crippen LogP) is 3.40. The van der Waals surface area contributed by atoms with E-state index in [0.717, 1.165) is 34.8 Å². The van der Waals surface area contributed by atoms with E-state index in [1.165, 1.54) is 0 Å². The highest BCUT2D eigenvalue weighted by Gasteiger charge is 2.23. The number of rotatable bonds is 5. The van der Waals surface area contributed by atoms with Crippen molar-refractivity contribution >= 4 is 5.91 Å². The van der Waals surface area contributed by atoms with E-state index in [4.69, 9.17) is 9.47 Å². The van der Waals surface area contributed by atoms with E-state index in [-0.39, 0.29) is 5.91 Å². The molecule has 6 heteroatoms. The number of methoxy groups -OCH3 is 2. The predicted molar refractivity (Wildman–Crippen MR) is 111 cm³/mol. The fourth-order valence-electron chi connectivity index (χ4n) is 3.80. The quantitative estimate of drug-likeness (QED) is 0.669. The van der Waals surface area contributed by atoms with Crippen LogP contribution in [0.5, 0.6) is 5.75 Å². The van der Waals surface area contributed by atoms with Crippen molar-refractivity contribution in [3.05, 3.63) is 71.7 Å². The summed E-state index contributed by atoms with van der Waals surface area (Å²) >= 11 is 0. The number of carbonyl (C=O) groups excluding carboxylic acids is 1. The zero-order valence-corrected chi connectivity index (χ0v) is 16.8. The number of amides is 1. The minimum atomic E-state index is 0.0542. The van der Waals surface area contributed by atoms with E-state index in [2.05, 4.69) is 9.55 Å². The average molecular weight is 391 g/mol. The van der Waals surface area contributed by atoms with E-state index >= 15 is 0 Å². The molecule has 29 heavy (non-hydrogen) atoms. The lowest BCUT2D eigenvalue weighted by Gasteiger charge is -2.20. The molecule has 2 heterocycles. The molecule has 1 aliphatic rings. The Morgan fingerprint density at radius 3 is 2.59 bits per heavy atom. The summed E-state index contributed by atoms with van der Waals surface area (Å²) in [4.78, 5) is 19.5. The number of hydrogen-bond donors (Lipinski definition) is 0. The lowest BCUT2D eigenvalue weighted by Crippen LogP contribution is -2.33. The zero-order chi connectivity index (χ0) is 20.2. The van der Waals surface area contributed by atoms with Crippen molar-refractivity contribution in [1.82, 2.24) is 14.5 Å². The summed E-state index contributed by atoms with van der Waals surface area (Å²) in [7, 11) is 3.34. The number of carbonyl (C=O) groups is 1. The van der Waals surface area contributed by atoms with E-state index < -0.39 is 0 Å². The van der Waals surface area contributed by atoms with Gasteiger partial charge in [-0.15, -0.1) is 0 Å². The molecule has 0 fully saturated rings. The van der Waals surface area contributed by atoms with Gasteiger partial charge in [-0.3, -0.25) is 4.79 Å². The van der Waals surface area contributed by atoms with Gasteiger partial charge >= 0.3 is 0 Å². The van der Waals surface area contributed by atoms with Crippen LogP contribution in [0.1, 0.15) is 21.7 Å². The van der Waals surface area contributed by atoms with E-state index in [9.17, 15) is 4.79 Å². The number of benzene rings is 2. The summed E-state index contributed by atoms with van der Waals surface area (Å²) in [6.07, 6.45) is 2.63. The van der Waals surface area contributed by atoms with Crippen molar-refractivity contribution in [2.45, 2.75) is 19.6 Å². The molecule has 1 amide bonds. The highest BCUT2D eigenvalue weighted by Crippen LogP contribution is 2.31. The van der Waals surface area contributed by atoms with Crippen molar-refractivity contribution in [3.8, 4) is 17.0 Å². The van der Waals surface area contributed by atoms with Gasteiger partial charge in [0.2, 0.25) is 0 Å². The molecular formula is C23H25N3O3. The van der Waals surface area contributed by atoms with Crippen LogP contribution in [0.2, 0.25) is 0 Å². The van der Waals surface area contributed by atoms with Gasteiger partial charge in [0.05, 0.1) is 25.6 Å². The summed E-state index contributed by atoms with van der Waals surface area (Å²) in [6.45, 7) is 2.55. The second kappa shape index (κ2) is 8.49. The molecule has 0 spiro atoms. The molecule has 0 radical (unpaired) electrons. The van der Waals surface area contributed by atoms with Crippen LogP contribution in [0, 0.1) is 0 Å². The van der Waals surface area contributed by atoms with E-state index in [1.807, 2.05) is 59.6 Å². The van der Waals surface area contributed by atoms with Gasteiger partial charge in [0.1, 0.15) is 11.6 Å². The second-order valence-electron chi connectivity index (χ2n) is 7.08. The Hall–Kier alpha value is -3.12. The molecule has 2 aromatic carbocycles. The van der Waals surface area contributed by atoms with Gasteiger partial charge in [-0.25, -0.2) is 4.98 Å². The maximum Gasteiger partial charge on any atom is 0.253 e. The normalized spacial score (nSPS) is 13.7. The minimum Gasteiger partial charge on any atom is -0.496 e. The molecule has 150 valence electrons. The molecule has 1 aliphatic heterocycles. The van der Waals surface area contributed by atoms with Gasteiger partial charge in [-0.2, -0.15) is 0 Å². The first-order valence-corrected chi connectivity index (χ1v) is 9.76. The van der Waals surface area contributed by atoms with Crippen LogP contribution in [0.15, 0.2) is 54.7 Å². The third-order valence-electron chi connectivity index (χ3n) is 5.32. The summed E-state index contributed by atoms with van der Waals surface area (Å²) in [5.41, 5.74) is 3.80. The number of para-hydroxylation sites is 1. The lowest BCUT2D eigenvalue weighted by molar-refractivity contribution is 0.0759. The topological polar surface area (TPSA) is 56.6 Å². The van der Waals surface area contributed by atoms with Crippen molar-refractivity contribution in [2.24, 2.45) is 0 Å². The number of ether oxygens (including phenoxy) is 2. The highest BCUT2D eigenvalue weighted by atomic mass is 16.5. The number of hydrogen-bond acceptors (Lipinski definition) is 4. The summed E-state index contributed by atoms with van der Waals surface area (Å²) in [6, 6.07) is 15.6. The molecule has 0 unspecified atom stereocenters. The van der Waals surface area contributed by atoms with Crippen LogP contribution in [0.4, 0.5) is 0 Å². The zero-order valence-electron chi connectivity index (χ0n) is 16.8. The smallest absolute Gasteiger partial charge is 0.253 e. The van der Waals surface area contributed by atoms with Crippen molar-refractivity contribution in [2.75, 3.05) is 27.3 Å². The maximum absolute atomic E-state index is 13.0. The number of fused-ring (bicyclic) bond motifs is 1. The SMILES string of the molecule is COCc1ccc(C(=O)N2CCc3ncc(-c4ccccc4OC)n3CC2)cc1. The number of imidazole rings is 1. The molecule has 3 aromatic rings. The maximum atomic E-state index is 13.0. The summed E-state index contributed by atoms with van der Waals surface area (Å²) in [5, 5.41) is 0. The Morgan fingerprint density at radius 1 is 1.03 bits per heavy atom. The Morgan fingerprint density at radius 2 is 1.83 bits per heavy atom. The van der Waals surface area contributed by atoms with Crippen LogP contribution in [0.25, 0.3) is 11.3 Å². The first-order valence-electron chi connectivity index (χ1n) is 9.76. The molecule has 0 saturated heterocycles. The molecule has 0 aliphatic carbocycles. The van der Waals surface area contributed by atoms with Crippen molar-refractivity contribution in [1.29, 1.82) is 0 Å². The molecule has 4 rings (SSSR count). The van der Waals surface area contributed by atoms with Gasteiger partial charge in [-0.05, 0) is 29.8 Å². The van der Waals surface area contributed by atoms with E-state index in [1.54, 1.807) is 14.2 Å². The van der Waals surface area contributed by atoms with Gasteiger partial charge in [0.15, 0.2) is 0 Å². The molecule has 0 atom stereocenters. The largest absolute Gasteiger partial charge is 0.496 e. The van der Waals surface area contributed by atoms with Crippen LogP contribution < -0.4 is 4.74 Å². The Bertz CT molecular complexity index is 995. The first kappa shape index (κ1) is 19.2. The Labute approximate surface area is 170 Å². The highest BCUT2D eigenvalue weighted by molar-refractivity contribution is 5.94. The minimum absolute atomic E-state index is 0.0542. The van der Waals surface area contributed by atoms with Gasteiger partial charge in [0.25, 0.3) is 5.91 Å². The van der Waals surface area contributed by atoms with Crippen molar-refractivity contribution < 1.29 is 14.3 Å². The third kappa shape index (κ3) is 3.89. The summed E-state index contributed by atoms with van der Waals surface area (Å²) in [5.74, 6) is 1.87. The second-order valence-corrected chi connectivity index (χ2v) is 7.08.